The Kier molecular flexibility index (Phi) is 9.11. The Balaban J connectivity index is 1.33. The Bertz CT molecular complexity index is 2050. The number of aromatic amines is 2. The lowest BCUT2D eigenvalue weighted by Crippen LogP contribution is -2.57. The van der Waals surface area contributed by atoms with E-state index in [1.807, 2.05) is 53.8 Å². The van der Waals surface area contributed by atoms with Crippen molar-refractivity contribution in [3.63, 3.8) is 0 Å². The molecule has 0 bridgehead atoms. The Morgan fingerprint density at radius 3 is 2.38 bits per heavy atom. The van der Waals surface area contributed by atoms with Gasteiger partial charge in [0.15, 0.2) is 0 Å². The number of rotatable bonds is 9. The summed E-state index contributed by atoms with van der Waals surface area (Å²) < 4.78 is 41.7. The van der Waals surface area contributed by atoms with Crippen LogP contribution in [0.3, 0.4) is 0 Å². The number of aromatic nitrogens is 2. The molecule has 2 amide bonds. The van der Waals surface area contributed by atoms with Gasteiger partial charge in [0.2, 0.25) is 11.8 Å². The number of carbonyl (C=O) groups is 2. The number of benzene rings is 3. The number of hydrogen-bond acceptors (Lipinski definition) is 4. The van der Waals surface area contributed by atoms with Gasteiger partial charge in [0.1, 0.15) is 0 Å². The summed E-state index contributed by atoms with van der Waals surface area (Å²) in [5.74, 6) is -0.627. The van der Waals surface area contributed by atoms with E-state index in [1.165, 1.54) is 36.9 Å². The van der Waals surface area contributed by atoms with Gasteiger partial charge in [-0.25, -0.2) is 5.01 Å². The van der Waals surface area contributed by atoms with E-state index in [9.17, 15) is 28.0 Å². The minimum Gasteiger partial charge on any atom is -0.361 e. The summed E-state index contributed by atoms with van der Waals surface area (Å²) in [5.41, 5.74) is 4.62. The van der Waals surface area contributed by atoms with Crippen LogP contribution < -0.4 is 0 Å². The van der Waals surface area contributed by atoms with E-state index >= 15 is 0 Å². The zero-order valence-corrected chi connectivity index (χ0v) is 26.6. The number of para-hydroxylation sites is 1. The van der Waals surface area contributed by atoms with E-state index in [4.69, 9.17) is 0 Å². The molecule has 0 aliphatic carbocycles. The summed E-state index contributed by atoms with van der Waals surface area (Å²) >= 11 is 0. The van der Waals surface area contributed by atoms with Crippen LogP contribution in [0, 0.1) is 11.3 Å². The van der Waals surface area contributed by atoms with Crippen LogP contribution in [0.2, 0.25) is 0 Å². The molecular weight excluding hydrogens is 617 g/mol. The number of hydrazine groups is 1. The van der Waals surface area contributed by atoms with Crippen LogP contribution in [0.1, 0.15) is 48.1 Å². The van der Waals surface area contributed by atoms with Crippen LogP contribution in [0.25, 0.3) is 27.4 Å². The van der Waals surface area contributed by atoms with Crippen LogP contribution in [-0.4, -0.2) is 62.4 Å². The van der Waals surface area contributed by atoms with Crippen LogP contribution >= 0.6 is 0 Å². The molecule has 11 heteroatoms. The van der Waals surface area contributed by atoms with Crippen molar-refractivity contribution in [2.24, 2.45) is 0 Å². The molecule has 3 aromatic carbocycles. The minimum absolute atomic E-state index is 0.00995. The highest BCUT2D eigenvalue weighted by atomic mass is 19.4. The fraction of sp³-hybridized carbons (Fsp3) is 0.270. The Labute approximate surface area is 276 Å². The summed E-state index contributed by atoms with van der Waals surface area (Å²) in [7, 11) is 0. The monoisotopic (exact) mass is 652 g/mol. The lowest BCUT2D eigenvalue weighted by atomic mass is 9.98. The highest BCUT2D eigenvalue weighted by Gasteiger charge is 2.35. The molecule has 0 radical (unpaired) electrons. The third-order valence-corrected chi connectivity index (χ3v) is 9.01. The average molecular weight is 653 g/mol. The van der Waals surface area contributed by atoms with Gasteiger partial charge in [-0.2, -0.15) is 18.4 Å². The van der Waals surface area contributed by atoms with E-state index in [0.29, 0.717) is 31.5 Å². The molecule has 2 aromatic heterocycles. The molecule has 2 N–H and O–H groups in total. The first kappa shape index (κ1) is 32.6. The van der Waals surface area contributed by atoms with Crippen LogP contribution in [-0.2, 0) is 28.7 Å². The number of nitrogens with zero attached hydrogens (tertiary/aromatic N) is 4. The molecule has 1 atom stereocenters. The van der Waals surface area contributed by atoms with Crippen LogP contribution in [0.4, 0.5) is 13.2 Å². The maximum Gasteiger partial charge on any atom is 0.416 e. The molecule has 8 nitrogen and oxygen atoms in total. The molecule has 6 rings (SSSR count). The maximum absolute atomic E-state index is 13.9. The number of amides is 2. The number of hydrogen-bond donors (Lipinski definition) is 2. The summed E-state index contributed by atoms with van der Waals surface area (Å²) in [4.78, 5) is 34.5. The van der Waals surface area contributed by atoms with Crippen molar-refractivity contribution in [1.82, 2.24) is 24.9 Å². The third-order valence-electron chi connectivity index (χ3n) is 9.01. The van der Waals surface area contributed by atoms with E-state index in [1.54, 1.807) is 11.1 Å². The van der Waals surface area contributed by atoms with Crippen molar-refractivity contribution in [1.29, 1.82) is 5.26 Å². The highest BCUT2D eigenvalue weighted by Crippen LogP contribution is 2.34. The lowest BCUT2D eigenvalue weighted by molar-refractivity contribution is -0.155. The smallest absolute Gasteiger partial charge is 0.361 e. The largest absolute Gasteiger partial charge is 0.416 e. The predicted octanol–water partition coefficient (Wildman–Crippen LogP) is 7.05. The second-order valence-corrected chi connectivity index (χ2v) is 12.1. The van der Waals surface area contributed by atoms with Crippen molar-refractivity contribution in [2.45, 2.75) is 45.5 Å². The van der Waals surface area contributed by atoms with E-state index in [-0.39, 0.29) is 24.6 Å². The Morgan fingerprint density at radius 2 is 1.67 bits per heavy atom. The molecular formula is C37H35F3N6O2. The van der Waals surface area contributed by atoms with Crippen LogP contribution in [0.5, 0.6) is 0 Å². The average Bonchev–Trinajstić information content (AvgIpc) is 3.68. The van der Waals surface area contributed by atoms with Gasteiger partial charge in [-0.3, -0.25) is 14.6 Å². The molecule has 0 saturated carbocycles. The molecule has 1 aliphatic rings. The van der Waals surface area contributed by atoms with Gasteiger partial charge >= 0.3 is 6.18 Å². The Hall–Kier alpha value is -5.34. The molecule has 48 heavy (non-hydrogen) atoms. The number of nitrogens with one attached hydrogen (secondary N) is 2. The fourth-order valence-corrected chi connectivity index (χ4v) is 6.72. The molecule has 246 valence electrons. The SMILES string of the molecule is CC(=O)N(Cc1ccccc1C(F)(F)F)C[C@@H](Cc1c[nH]c2ccccc12)N(C(C)=O)N1CC=C(c2c[nH]c3ccc(C#N)cc23)CC1. The second kappa shape index (κ2) is 13.4. The van der Waals surface area contributed by atoms with E-state index in [0.717, 1.165) is 44.6 Å². The second-order valence-electron chi connectivity index (χ2n) is 12.1. The van der Waals surface area contributed by atoms with Gasteiger partial charge in [0.05, 0.1) is 23.2 Å². The normalized spacial score (nSPS) is 14.5. The van der Waals surface area contributed by atoms with E-state index in [2.05, 4.69) is 22.1 Å². The van der Waals surface area contributed by atoms with Gasteiger partial charge in [-0.05, 0) is 59.9 Å². The zero-order chi connectivity index (χ0) is 34.0. The first-order chi connectivity index (χ1) is 23.0. The van der Waals surface area contributed by atoms with Crippen molar-refractivity contribution in [3.8, 4) is 6.07 Å². The van der Waals surface area contributed by atoms with Crippen molar-refractivity contribution < 1.29 is 22.8 Å². The number of alkyl halides is 3. The summed E-state index contributed by atoms with van der Waals surface area (Å²) in [5, 5.41) is 15.0. The Morgan fingerprint density at radius 1 is 0.938 bits per heavy atom. The predicted molar refractivity (Wildman–Crippen MR) is 178 cm³/mol. The van der Waals surface area contributed by atoms with Crippen molar-refractivity contribution in [2.75, 3.05) is 19.6 Å². The van der Waals surface area contributed by atoms with Gasteiger partial charge in [0, 0.05) is 79.8 Å². The topological polar surface area (TPSA) is 99.2 Å². The fourth-order valence-electron chi connectivity index (χ4n) is 6.72. The number of fused-ring (bicyclic) bond motifs is 2. The number of H-pyrrole nitrogens is 2. The highest BCUT2D eigenvalue weighted by molar-refractivity contribution is 5.93. The summed E-state index contributed by atoms with van der Waals surface area (Å²) in [6, 6.07) is 20.2. The summed E-state index contributed by atoms with van der Waals surface area (Å²) in [6.45, 7) is 3.48. The molecule has 1 aliphatic heterocycles. The molecule has 0 fully saturated rings. The molecule has 0 unspecified atom stereocenters. The molecule has 3 heterocycles. The van der Waals surface area contributed by atoms with Gasteiger partial charge in [0.25, 0.3) is 0 Å². The molecule has 0 saturated heterocycles. The number of halogens is 3. The standard InChI is InChI=1S/C37H35F3N6O2/c1-24(47)44(22-28-7-3-5-9-34(28)37(38,39)40)23-30(18-29-20-42-35-10-6-4-8-31(29)35)46(25(2)48)45-15-13-27(14-16-45)33-21-43-36-12-11-26(19-41)17-32(33)36/h3-13,17,20-21,30,42-43H,14-16,18,22-23H2,1-2H3/t30-/m1/s1. The van der Waals surface area contributed by atoms with Gasteiger partial charge < -0.3 is 14.9 Å². The van der Waals surface area contributed by atoms with Crippen molar-refractivity contribution in [3.05, 3.63) is 113 Å². The molecule has 5 aromatic rings. The zero-order valence-electron chi connectivity index (χ0n) is 26.6. The lowest BCUT2D eigenvalue weighted by Gasteiger charge is -2.43. The van der Waals surface area contributed by atoms with Crippen molar-refractivity contribution >= 4 is 39.2 Å². The molecule has 0 spiro atoms. The van der Waals surface area contributed by atoms with E-state index < -0.39 is 23.7 Å². The third kappa shape index (κ3) is 6.71. The van der Waals surface area contributed by atoms with Gasteiger partial charge in [-0.1, -0.05) is 42.5 Å². The number of nitriles is 1. The van der Waals surface area contributed by atoms with Gasteiger partial charge in [-0.15, -0.1) is 0 Å². The maximum atomic E-state index is 13.9. The summed E-state index contributed by atoms with van der Waals surface area (Å²) in [6.07, 6.45) is 2.27. The first-order valence-electron chi connectivity index (χ1n) is 15.7. The van der Waals surface area contributed by atoms with Crippen LogP contribution in [0.15, 0.2) is 85.2 Å². The minimum atomic E-state index is -4.58. The number of carbonyl (C=O) groups excluding carboxylic acids is 2. The quantitative estimate of drug-likeness (QED) is 0.178. The first-order valence-corrected chi connectivity index (χ1v) is 15.7.